The van der Waals surface area contributed by atoms with E-state index < -0.39 is 0 Å². The second-order valence-corrected chi connectivity index (χ2v) is 3.84. The summed E-state index contributed by atoms with van der Waals surface area (Å²) in [5.74, 6) is 0. The topological polar surface area (TPSA) is 36.7 Å². The number of hydrogen-bond acceptors (Lipinski definition) is 3. The van der Waals surface area contributed by atoms with E-state index in [1.165, 1.54) is 16.9 Å². The summed E-state index contributed by atoms with van der Waals surface area (Å²) < 4.78 is 0. The fraction of sp³-hybridized carbons (Fsp3) is 0.0909. The molecule has 0 bridgehead atoms. The first-order valence-electron chi connectivity index (χ1n) is 4.27. The van der Waals surface area contributed by atoms with Crippen molar-refractivity contribution in [1.82, 2.24) is 4.98 Å². The molecule has 1 aromatic carbocycles. The van der Waals surface area contributed by atoms with E-state index in [1.54, 1.807) is 5.38 Å². The van der Waals surface area contributed by atoms with Crippen LogP contribution in [-0.2, 0) is 6.42 Å². The van der Waals surface area contributed by atoms with Crippen molar-refractivity contribution in [2.45, 2.75) is 6.42 Å². The molecule has 0 atom stereocenters. The third-order valence-electron chi connectivity index (χ3n) is 1.86. The van der Waals surface area contributed by atoms with E-state index in [0.717, 1.165) is 11.4 Å². The van der Waals surface area contributed by atoms with Gasteiger partial charge in [-0.3, -0.25) is 0 Å². The Hall–Kier alpha value is -1.66. The van der Waals surface area contributed by atoms with E-state index in [4.69, 9.17) is 5.26 Å². The quantitative estimate of drug-likeness (QED) is 0.747. The molecule has 0 amide bonds. The molecule has 2 nitrogen and oxygen atoms in total. The molecule has 68 valence electrons. The Morgan fingerprint density at radius 1 is 1.29 bits per heavy atom. The average molecular weight is 200 g/mol. The summed E-state index contributed by atoms with van der Waals surface area (Å²) in [4.78, 5) is 4.18. The van der Waals surface area contributed by atoms with Crippen LogP contribution in [-0.4, -0.2) is 4.98 Å². The molecule has 1 heterocycles. The average Bonchev–Trinajstić information content (AvgIpc) is 2.67. The van der Waals surface area contributed by atoms with E-state index in [9.17, 15) is 0 Å². The summed E-state index contributed by atoms with van der Waals surface area (Å²) in [6, 6.07) is 12.2. The molecule has 0 aliphatic carbocycles. The predicted molar refractivity (Wildman–Crippen MR) is 56.1 cm³/mol. The van der Waals surface area contributed by atoms with Gasteiger partial charge >= 0.3 is 0 Å². The maximum absolute atomic E-state index is 8.61. The van der Waals surface area contributed by atoms with Gasteiger partial charge in [-0.2, -0.15) is 5.26 Å². The molecule has 0 aliphatic heterocycles. The highest BCUT2D eigenvalue weighted by Crippen LogP contribution is 2.13. The van der Waals surface area contributed by atoms with Crippen molar-refractivity contribution >= 4 is 11.3 Å². The van der Waals surface area contributed by atoms with Gasteiger partial charge in [0, 0.05) is 11.8 Å². The van der Waals surface area contributed by atoms with Gasteiger partial charge in [0.2, 0.25) is 0 Å². The number of nitrogens with zero attached hydrogens (tertiary/aromatic N) is 2. The Bertz CT molecular complexity index is 454. The molecule has 0 spiro atoms. The lowest BCUT2D eigenvalue weighted by atomic mass is 10.2. The van der Waals surface area contributed by atoms with Crippen molar-refractivity contribution in [2.24, 2.45) is 0 Å². The van der Waals surface area contributed by atoms with Crippen molar-refractivity contribution < 1.29 is 0 Å². The van der Waals surface area contributed by atoms with Crippen molar-refractivity contribution in [3.8, 4) is 6.07 Å². The molecule has 0 saturated carbocycles. The minimum absolute atomic E-state index is 0.515. The summed E-state index contributed by atoms with van der Waals surface area (Å²) in [5.41, 5.74) is 1.74. The molecule has 0 unspecified atom stereocenters. The second kappa shape index (κ2) is 4.03. The molecule has 0 fully saturated rings. The number of rotatable bonds is 2. The number of aromatic nitrogens is 1. The van der Waals surface area contributed by atoms with E-state index in [-0.39, 0.29) is 0 Å². The van der Waals surface area contributed by atoms with Crippen molar-refractivity contribution in [1.29, 1.82) is 5.26 Å². The molecular weight excluding hydrogens is 192 g/mol. The van der Waals surface area contributed by atoms with Crippen molar-refractivity contribution in [2.75, 3.05) is 0 Å². The van der Waals surface area contributed by atoms with Crippen LogP contribution in [0.4, 0.5) is 0 Å². The highest BCUT2D eigenvalue weighted by atomic mass is 32.1. The zero-order valence-electron chi connectivity index (χ0n) is 7.47. The lowest BCUT2D eigenvalue weighted by Crippen LogP contribution is -1.86. The highest BCUT2D eigenvalue weighted by Gasteiger charge is 2.01. The van der Waals surface area contributed by atoms with Crippen LogP contribution in [0.3, 0.4) is 0 Å². The summed E-state index contributed by atoms with van der Waals surface area (Å²) >= 11 is 1.54. The fourth-order valence-electron chi connectivity index (χ4n) is 1.21. The van der Waals surface area contributed by atoms with E-state index in [2.05, 4.69) is 17.1 Å². The van der Waals surface area contributed by atoms with E-state index in [1.807, 2.05) is 24.3 Å². The first-order chi connectivity index (χ1) is 6.88. The highest BCUT2D eigenvalue weighted by molar-refractivity contribution is 7.09. The lowest BCUT2D eigenvalue weighted by molar-refractivity contribution is 1.12. The van der Waals surface area contributed by atoms with E-state index in [0.29, 0.717) is 5.69 Å². The summed E-state index contributed by atoms with van der Waals surface area (Å²) in [6.45, 7) is 0. The molecule has 2 aromatic rings. The van der Waals surface area contributed by atoms with Crippen LogP contribution in [0, 0.1) is 11.3 Å². The molecule has 1 aromatic heterocycles. The largest absolute Gasteiger partial charge is 0.230 e. The molecule has 0 radical (unpaired) electrons. The maximum atomic E-state index is 8.61. The van der Waals surface area contributed by atoms with Gasteiger partial charge in [0.1, 0.15) is 6.07 Å². The second-order valence-electron chi connectivity index (χ2n) is 2.90. The van der Waals surface area contributed by atoms with Gasteiger partial charge in [-0.05, 0) is 5.56 Å². The van der Waals surface area contributed by atoms with E-state index >= 15 is 0 Å². The van der Waals surface area contributed by atoms with Crippen molar-refractivity contribution in [3.05, 3.63) is 52.0 Å². The first-order valence-corrected chi connectivity index (χ1v) is 5.15. The normalized spacial score (nSPS) is 9.64. The Balaban J connectivity index is 2.16. The third-order valence-corrected chi connectivity index (χ3v) is 2.71. The molecule has 0 saturated heterocycles. The maximum Gasteiger partial charge on any atom is 0.151 e. The van der Waals surface area contributed by atoms with Crippen LogP contribution in [0.15, 0.2) is 35.7 Å². The fourth-order valence-corrected chi connectivity index (χ4v) is 1.97. The number of thiazole rings is 1. The van der Waals surface area contributed by atoms with Gasteiger partial charge in [-0.25, -0.2) is 4.98 Å². The minimum Gasteiger partial charge on any atom is -0.230 e. The SMILES string of the molecule is N#Cc1csc(Cc2ccccc2)n1. The number of hydrogen-bond donors (Lipinski definition) is 0. The van der Waals surface area contributed by atoms with Gasteiger partial charge < -0.3 is 0 Å². The standard InChI is InChI=1S/C11H8N2S/c12-7-10-8-14-11(13-10)6-9-4-2-1-3-5-9/h1-5,8H,6H2. The van der Waals surface area contributed by atoms with Crippen LogP contribution >= 0.6 is 11.3 Å². The summed E-state index contributed by atoms with van der Waals surface area (Å²) in [7, 11) is 0. The van der Waals surface area contributed by atoms with Gasteiger partial charge in [-0.1, -0.05) is 30.3 Å². The Kier molecular flexibility index (Phi) is 2.57. The Morgan fingerprint density at radius 3 is 2.71 bits per heavy atom. The monoisotopic (exact) mass is 200 g/mol. The molecule has 0 N–H and O–H groups in total. The smallest absolute Gasteiger partial charge is 0.151 e. The molecule has 2 rings (SSSR count). The van der Waals surface area contributed by atoms with Crippen LogP contribution in [0.5, 0.6) is 0 Å². The summed E-state index contributed by atoms with van der Waals surface area (Å²) in [5, 5.41) is 11.4. The van der Waals surface area contributed by atoms with Crippen molar-refractivity contribution in [3.63, 3.8) is 0 Å². The third kappa shape index (κ3) is 1.98. The minimum atomic E-state index is 0.515. The lowest BCUT2D eigenvalue weighted by Gasteiger charge is -1.95. The molecule has 0 aliphatic rings. The van der Waals surface area contributed by atoms with Crippen LogP contribution < -0.4 is 0 Å². The van der Waals surface area contributed by atoms with Crippen LogP contribution in [0.1, 0.15) is 16.3 Å². The van der Waals surface area contributed by atoms with Crippen LogP contribution in [0.25, 0.3) is 0 Å². The zero-order valence-corrected chi connectivity index (χ0v) is 8.29. The molecule has 14 heavy (non-hydrogen) atoms. The van der Waals surface area contributed by atoms with Crippen LogP contribution in [0.2, 0.25) is 0 Å². The zero-order chi connectivity index (χ0) is 9.80. The van der Waals surface area contributed by atoms with Gasteiger partial charge in [0.15, 0.2) is 5.69 Å². The predicted octanol–water partition coefficient (Wildman–Crippen LogP) is 2.61. The first kappa shape index (κ1) is 8.92. The number of benzene rings is 1. The molecule has 3 heteroatoms. The molecular formula is C11H8N2S. The van der Waals surface area contributed by atoms with Gasteiger partial charge in [0.05, 0.1) is 5.01 Å². The Morgan fingerprint density at radius 2 is 2.07 bits per heavy atom. The van der Waals surface area contributed by atoms with Gasteiger partial charge in [0.25, 0.3) is 0 Å². The van der Waals surface area contributed by atoms with Gasteiger partial charge in [-0.15, -0.1) is 11.3 Å². The summed E-state index contributed by atoms with van der Waals surface area (Å²) in [6.07, 6.45) is 0.813. The number of nitriles is 1. The Labute approximate surface area is 86.5 Å².